The summed E-state index contributed by atoms with van der Waals surface area (Å²) in [6.07, 6.45) is 0. The molecule has 1 N–H and O–H groups in total. The number of aromatic nitrogens is 6. The average molecular weight is 368 g/mol. The van der Waals surface area contributed by atoms with Crippen molar-refractivity contribution in [3.05, 3.63) is 65.3 Å². The highest BCUT2D eigenvalue weighted by molar-refractivity contribution is 6.30. The van der Waals surface area contributed by atoms with Gasteiger partial charge in [-0.3, -0.25) is 0 Å². The molecule has 8 nitrogen and oxygen atoms in total. The van der Waals surface area contributed by atoms with E-state index in [9.17, 15) is 0 Å². The molecule has 130 valence electrons. The second kappa shape index (κ2) is 6.93. The fraction of sp³-hybridized carbons (Fsp3) is 0.118. The van der Waals surface area contributed by atoms with Crippen molar-refractivity contribution in [2.75, 3.05) is 5.32 Å². The Labute approximate surface area is 153 Å². The van der Waals surface area contributed by atoms with E-state index in [2.05, 4.69) is 31.0 Å². The Morgan fingerprint density at radius 3 is 2.77 bits per heavy atom. The molecule has 0 saturated heterocycles. The molecule has 4 aromatic rings. The van der Waals surface area contributed by atoms with Gasteiger partial charge < -0.3 is 9.84 Å². The summed E-state index contributed by atoms with van der Waals surface area (Å²) in [7, 11) is 0. The third kappa shape index (κ3) is 3.40. The number of aryl methyl sites for hydroxylation is 1. The van der Waals surface area contributed by atoms with Gasteiger partial charge in [-0.05, 0) is 59.8 Å². The molecular weight excluding hydrogens is 354 g/mol. The molecule has 0 aliphatic rings. The SMILES string of the molecule is Cc1nnnn1-c1cccc(NCc2nc(-c3ccc(Cl)cc3)no2)c1. The van der Waals surface area contributed by atoms with Crippen LogP contribution in [0.25, 0.3) is 17.1 Å². The van der Waals surface area contributed by atoms with Gasteiger partial charge in [0.05, 0.1) is 12.2 Å². The van der Waals surface area contributed by atoms with Crippen LogP contribution in [0.4, 0.5) is 5.69 Å². The number of nitrogens with zero attached hydrogens (tertiary/aromatic N) is 6. The van der Waals surface area contributed by atoms with Crippen LogP contribution in [0.5, 0.6) is 0 Å². The highest BCUT2D eigenvalue weighted by Crippen LogP contribution is 2.19. The van der Waals surface area contributed by atoms with E-state index in [1.54, 1.807) is 16.8 Å². The van der Waals surface area contributed by atoms with Crippen LogP contribution in [-0.2, 0) is 6.54 Å². The molecule has 2 aromatic heterocycles. The highest BCUT2D eigenvalue weighted by atomic mass is 35.5. The molecule has 2 aromatic carbocycles. The minimum atomic E-state index is 0.401. The van der Waals surface area contributed by atoms with E-state index in [0.717, 1.165) is 16.9 Å². The summed E-state index contributed by atoms with van der Waals surface area (Å²) >= 11 is 5.89. The van der Waals surface area contributed by atoms with Gasteiger partial charge in [-0.2, -0.15) is 9.67 Å². The number of hydrogen-bond acceptors (Lipinski definition) is 7. The van der Waals surface area contributed by atoms with Crippen molar-refractivity contribution in [1.82, 2.24) is 30.3 Å². The van der Waals surface area contributed by atoms with Gasteiger partial charge in [0.1, 0.15) is 0 Å². The van der Waals surface area contributed by atoms with Gasteiger partial charge in [-0.1, -0.05) is 22.8 Å². The van der Waals surface area contributed by atoms with E-state index < -0.39 is 0 Å². The summed E-state index contributed by atoms with van der Waals surface area (Å²) in [5.41, 5.74) is 2.61. The summed E-state index contributed by atoms with van der Waals surface area (Å²) in [5.74, 6) is 1.72. The van der Waals surface area contributed by atoms with Gasteiger partial charge in [-0.25, -0.2) is 0 Å². The van der Waals surface area contributed by atoms with Crippen molar-refractivity contribution in [1.29, 1.82) is 0 Å². The summed E-state index contributed by atoms with van der Waals surface area (Å²) in [4.78, 5) is 4.39. The summed E-state index contributed by atoms with van der Waals surface area (Å²) < 4.78 is 6.96. The maximum Gasteiger partial charge on any atom is 0.246 e. The minimum Gasteiger partial charge on any atom is -0.376 e. The van der Waals surface area contributed by atoms with E-state index in [0.29, 0.717) is 29.1 Å². The molecule has 0 spiro atoms. The van der Waals surface area contributed by atoms with E-state index in [1.165, 1.54) is 0 Å². The maximum absolute atomic E-state index is 5.89. The van der Waals surface area contributed by atoms with Crippen LogP contribution in [0, 0.1) is 6.92 Å². The number of tetrazole rings is 1. The van der Waals surface area contributed by atoms with Crippen LogP contribution in [0.15, 0.2) is 53.1 Å². The second-order valence-electron chi connectivity index (χ2n) is 5.56. The molecule has 0 amide bonds. The van der Waals surface area contributed by atoms with E-state index in [4.69, 9.17) is 16.1 Å². The molecule has 0 saturated carbocycles. The third-order valence-corrected chi connectivity index (χ3v) is 3.98. The van der Waals surface area contributed by atoms with Crippen molar-refractivity contribution in [2.24, 2.45) is 0 Å². The van der Waals surface area contributed by atoms with Crippen LogP contribution in [0.1, 0.15) is 11.7 Å². The number of rotatable bonds is 5. The number of hydrogen-bond donors (Lipinski definition) is 1. The van der Waals surface area contributed by atoms with Gasteiger partial charge in [0.15, 0.2) is 5.82 Å². The Kier molecular flexibility index (Phi) is 4.32. The Morgan fingerprint density at radius 1 is 1.15 bits per heavy atom. The summed E-state index contributed by atoms with van der Waals surface area (Å²) in [6, 6.07) is 15.0. The smallest absolute Gasteiger partial charge is 0.246 e. The lowest BCUT2D eigenvalue weighted by atomic mass is 10.2. The Balaban J connectivity index is 1.46. The van der Waals surface area contributed by atoms with Gasteiger partial charge in [0.2, 0.25) is 11.7 Å². The molecule has 0 radical (unpaired) electrons. The standard InChI is InChI=1S/C17H14ClN7O/c1-11-21-23-24-25(11)15-4-2-3-14(9-15)19-10-16-20-17(22-26-16)12-5-7-13(18)8-6-12/h2-9,19H,10H2,1H3. The van der Waals surface area contributed by atoms with Crippen LogP contribution < -0.4 is 5.32 Å². The third-order valence-electron chi connectivity index (χ3n) is 3.73. The maximum atomic E-state index is 5.89. The Morgan fingerprint density at radius 2 is 2.00 bits per heavy atom. The number of benzene rings is 2. The van der Waals surface area contributed by atoms with Crippen LogP contribution in [0.3, 0.4) is 0 Å². The van der Waals surface area contributed by atoms with Gasteiger partial charge in [0, 0.05) is 16.3 Å². The molecule has 0 unspecified atom stereocenters. The van der Waals surface area contributed by atoms with Crippen LogP contribution in [0.2, 0.25) is 5.02 Å². The average Bonchev–Trinajstić information content (AvgIpc) is 3.30. The van der Waals surface area contributed by atoms with E-state index in [-0.39, 0.29) is 0 Å². The lowest BCUT2D eigenvalue weighted by Gasteiger charge is -2.06. The van der Waals surface area contributed by atoms with E-state index >= 15 is 0 Å². The van der Waals surface area contributed by atoms with Gasteiger partial charge in [0.25, 0.3) is 0 Å². The largest absolute Gasteiger partial charge is 0.376 e. The fourth-order valence-electron chi connectivity index (χ4n) is 2.44. The van der Waals surface area contributed by atoms with Crippen molar-refractivity contribution in [2.45, 2.75) is 13.5 Å². The monoisotopic (exact) mass is 367 g/mol. The first kappa shape index (κ1) is 16.2. The highest BCUT2D eigenvalue weighted by Gasteiger charge is 2.09. The van der Waals surface area contributed by atoms with Crippen LogP contribution >= 0.6 is 11.6 Å². The van der Waals surface area contributed by atoms with Crippen molar-refractivity contribution in [3.63, 3.8) is 0 Å². The predicted octanol–water partition coefficient (Wildman–Crippen LogP) is 3.29. The number of nitrogens with one attached hydrogen (secondary N) is 1. The predicted molar refractivity (Wildman–Crippen MR) is 96.0 cm³/mol. The van der Waals surface area contributed by atoms with Crippen molar-refractivity contribution < 1.29 is 4.52 Å². The molecule has 26 heavy (non-hydrogen) atoms. The number of anilines is 1. The summed E-state index contributed by atoms with van der Waals surface area (Å²) in [5, 5.41) is 19.4. The topological polar surface area (TPSA) is 94.6 Å². The quantitative estimate of drug-likeness (QED) is 0.578. The van der Waals surface area contributed by atoms with Crippen molar-refractivity contribution in [3.8, 4) is 17.1 Å². The minimum absolute atomic E-state index is 0.401. The van der Waals surface area contributed by atoms with Gasteiger partial charge >= 0.3 is 0 Å². The molecule has 4 rings (SSSR count). The zero-order valence-electron chi connectivity index (χ0n) is 13.8. The molecule has 0 bridgehead atoms. The van der Waals surface area contributed by atoms with Crippen LogP contribution in [-0.4, -0.2) is 30.3 Å². The molecule has 0 atom stereocenters. The fourth-order valence-corrected chi connectivity index (χ4v) is 2.56. The molecule has 2 heterocycles. The molecule has 0 aliphatic heterocycles. The summed E-state index contributed by atoms with van der Waals surface area (Å²) in [6.45, 7) is 2.25. The Hall–Kier alpha value is -3.26. The number of halogens is 1. The first-order valence-corrected chi connectivity index (χ1v) is 8.25. The normalized spacial score (nSPS) is 10.8. The lowest BCUT2D eigenvalue weighted by Crippen LogP contribution is -2.03. The van der Waals surface area contributed by atoms with Gasteiger partial charge in [-0.15, -0.1) is 5.10 Å². The Bertz CT molecular complexity index is 1030. The van der Waals surface area contributed by atoms with Crippen molar-refractivity contribution >= 4 is 17.3 Å². The molecule has 0 fully saturated rings. The zero-order valence-corrected chi connectivity index (χ0v) is 14.6. The lowest BCUT2D eigenvalue weighted by molar-refractivity contribution is 0.384. The van der Waals surface area contributed by atoms with E-state index in [1.807, 2.05) is 43.3 Å². The molecular formula is C17H14ClN7O. The zero-order chi connectivity index (χ0) is 17.9. The molecule has 9 heteroatoms. The molecule has 0 aliphatic carbocycles. The second-order valence-corrected chi connectivity index (χ2v) is 6.00. The first-order valence-electron chi connectivity index (χ1n) is 7.87. The first-order chi connectivity index (χ1) is 12.7.